The maximum absolute atomic E-state index is 13.1. The summed E-state index contributed by atoms with van der Waals surface area (Å²) in [6, 6.07) is 2.41. The summed E-state index contributed by atoms with van der Waals surface area (Å²) in [6.07, 6.45) is 5.55. The van der Waals surface area contributed by atoms with E-state index in [9.17, 15) is 18.0 Å². The van der Waals surface area contributed by atoms with E-state index in [1.54, 1.807) is 0 Å². The molecule has 3 rings (SSSR count). The van der Waals surface area contributed by atoms with Gasteiger partial charge in [-0.2, -0.15) is 0 Å². The second-order valence-electron chi connectivity index (χ2n) is 5.93. The Balaban J connectivity index is 1.61. The molecular weight excluding hydrogens is 293 g/mol. The zero-order valence-electron chi connectivity index (χ0n) is 11.9. The summed E-state index contributed by atoms with van der Waals surface area (Å²) < 4.78 is 39.0. The van der Waals surface area contributed by atoms with Crippen molar-refractivity contribution in [2.75, 3.05) is 6.54 Å². The predicted molar refractivity (Wildman–Crippen MR) is 76.4 cm³/mol. The van der Waals surface area contributed by atoms with Gasteiger partial charge in [-0.05, 0) is 49.0 Å². The summed E-state index contributed by atoms with van der Waals surface area (Å²) >= 11 is 0. The van der Waals surface area contributed by atoms with Gasteiger partial charge < -0.3 is 10.6 Å². The van der Waals surface area contributed by atoms with Gasteiger partial charge in [0.25, 0.3) is 0 Å². The van der Waals surface area contributed by atoms with Crippen molar-refractivity contribution < 1.29 is 18.0 Å². The largest absolute Gasteiger partial charge is 0.349 e. The topological polar surface area (TPSA) is 41.1 Å². The molecule has 2 fully saturated rings. The van der Waals surface area contributed by atoms with E-state index < -0.39 is 17.5 Å². The van der Waals surface area contributed by atoms with Crippen LogP contribution in [-0.2, 0) is 4.79 Å². The Kier molecular flexibility index (Phi) is 4.20. The van der Waals surface area contributed by atoms with E-state index >= 15 is 0 Å². The van der Waals surface area contributed by atoms with E-state index in [0.717, 1.165) is 37.9 Å². The first-order valence-electron chi connectivity index (χ1n) is 7.39. The summed E-state index contributed by atoms with van der Waals surface area (Å²) in [4.78, 5) is 11.9. The van der Waals surface area contributed by atoms with Crippen LogP contribution in [0.2, 0.25) is 0 Å². The molecule has 1 amide bonds. The minimum atomic E-state index is -1.51. The maximum atomic E-state index is 13.1. The fourth-order valence-corrected chi connectivity index (χ4v) is 3.26. The Morgan fingerprint density at radius 2 is 1.95 bits per heavy atom. The van der Waals surface area contributed by atoms with Crippen molar-refractivity contribution in [3.63, 3.8) is 0 Å². The zero-order valence-corrected chi connectivity index (χ0v) is 11.9. The van der Waals surface area contributed by atoms with Gasteiger partial charge in [0.15, 0.2) is 17.5 Å². The van der Waals surface area contributed by atoms with Gasteiger partial charge >= 0.3 is 0 Å². The third-order valence-corrected chi connectivity index (χ3v) is 4.41. The fraction of sp³-hybridized carbons (Fsp3) is 0.438. The van der Waals surface area contributed by atoms with E-state index in [0.29, 0.717) is 12.0 Å². The predicted octanol–water partition coefficient (Wildman–Crippen LogP) is 2.37. The van der Waals surface area contributed by atoms with E-state index in [4.69, 9.17) is 0 Å². The van der Waals surface area contributed by atoms with Gasteiger partial charge in [-0.3, -0.25) is 4.79 Å². The lowest BCUT2D eigenvalue weighted by atomic mass is 9.85. The molecule has 2 N–H and O–H groups in total. The molecule has 2 aliphatic rings. The molecule has 0 radical (unpaired) electrons. The molecule has 1 aliphatic heterocycles. The number of carbonyl (C=O) groups is 1. The number of hydrogen-bond donors (Lipinski definition) is 2. The van der Waals surface area contributed by atoms with Gasteiger partial charge in [0.05, 0.1) is 0 Å². The number of hydrogen-bond acceptors (Lipinski definition) is 2. The van der Waals surface area contributed by atoms with Gasteiger partial charge in [0, 0.05) is 24.7 Å². The van der Waals surface area contributed by atoms with Crippen molar-refractivity contribution in [3.8, 4) is 0 Å². The highest BCUT2D eigenvalue weighted by Gasteiger charge is 2.35. The van der Waals surface area contributed by atoms with Gasteiger partial charge in [0.1, 0.15) is 0 Å². The maximum Gasteiger partial charge on any atom is 0.244 e. The van der Waals surface area contributed by atoms with Crippen LogP contribution in [0.25, 0.3) is 6.08 Å². The molecule has 6 heteroatoms. The molecule has 1 aliphatic carbocycles. The molecule has 0 spiro atoms. The average Bonchev–Trinajstić information content (AvgIpc) is 2.88. The molecule has 118 valence electrons. The van der Waals surface area contributed by atoms with E-state index in [-0.39, 0.29) is 17.5 Å². The lowest BCUT2D eigenvalue weighted by molar-refractivity contribution is -0.117. The molecule has 3 atom stereocenters. The summed E-state index contributed by atoms with van der Waals surface area (Å²) in [5, 5.41) is 6.34. The van der Waals surface area contributed by atoms with E-state index in [1.165, 1.54) is 12.2 Å². The molecule has 1 saturated carbocycles. The normalized spacial score (nSPS) is 27.3. The SMILES string of the molecule is O=C(/C=C/c1cc(F)c(F)c(F)c1)NC1CCC2CC1CN2. The van der Waals surface area contributed by atoms with Gasteiger partial charge in [-0.25, -0.2) is 13.2 Å². The van der Waals surface area contributed by atoms with Crippen molar-refractivity contribution in [1.29, 1.82) is 0 Å². The Labute approximate surface area is 126 Å². The fourth-order valence-electron chi connectivity index (χ4n) is 3.26. The zero-order chi connectivity index (χ0) is 15.7. The average molecular weight is 310 g/mol. The standard InChI is InChI=1S/C16H17F3N2O/c17-12-5-9(6-13(18)16(12)19)1-4-15(22)21-14-3-2-11-7-10(14)8-20-11/h1,4-6,10-11,14,20H,2-3,7-8H2,(H,21,22)/b4-1+. The monoisotopic (exact) mass is 310 g/mol. The molecule has 1 heterocycles. The first-order valence-corrected chi connectivity index (χ1v) is 7.39. The van der Waals surface area contributed by atoms with Crippen LogP contribution in [0.15, 0.2) is 18.2 Å². The van der Waals surface area contributed by atoms with Crippen LogP contribution in [0.1, 0.15) is 24.8 Å². The van der Waals surface area contributed by atoms with Crippen LogP contribution in [0, 0.1) is 23.4 Å². The minimum Gasteiger partial charge on any atom is -0.349 e. The third-order valence-electron chi connectivity index (χ3n) is 4.41. The number of fused-ring (bicyclic) bond motifs is 2. The summed E-state index contributed by atoms with van der Waals surface area (Å²) in [5.41, 5.74) is 0.109. The molecular formula is C16H17F3N2O. The molecule has 1 aromatic rings. The number of rotatable bonds is 3. The molecule has 22 heavy (non-hydrogen) atoms. The van der Waals surface area contributed by atoms with E-state index in [1.807, 2.05) is 0 Å². The second kappa shape index (κ2) is 6.12. The number of nitrogens with one attached hydrogen (secondary N) is 2. The summed E-state index contributed by atoms with van der Waals surface area (Å²) in [5.74, 6) is -3.91. The smallest absolute Gasteiger partial charge is 0.244 e. The number of amides is 1. The molecule has 3 unspecified atom stereocenters. The van der Waals surface area contributed by atoms with Gasteiger partial charge in [0.2, 0.25) is 5.91 Å². The molecule has 2 bridgehead atoms. The van der Waals surface area contributed by atoms with Gasteiger partial charge in [-0.1, -0.05) is 0 Å². The molecule has 1 saturated heterocycles. The van der Waals surface area contributed by atoms with Crippen molar-refractivity contribution in [1.82, 2.24) is 10.6 Å². The van der Waals surface area contributed by atoms with Crippen molar-refractivity contribution >= 4 is 12.0 Å². The Hall–Kier alpha value is -1.82. The van der Waals surface area contributed by atoms with Crippen molar-refractivity contribution in [3.05, 3.63) is 41.2 Å². The third kappa shape index (κ3) is 3.16. The Morgan fingerprint density at radius 3 is 2.68 bits per heavy atom. The van der Waals surface area contributed by atoms with Crippen molar-refractivity contribution in [2.24, 2.45) is 5.92 Å². The van der Waals surface area contributed by atoms with Crippen LogP contribution in [0.4, 0.5) is 13.2 Å². The second-order valence-corrected chi connectivity index (χ2v) is 5.93. The van der Waals surface area contributed by atoms with E-state index in [2.05, 4.69) is 10.6 Å². The molecule has 1 aromatic carbocycles. The van der Waals surface area contributed by atoms with Crippen LogP contribution in [0.3, 0.4) is 0 Å². The summed E-state index contributed by atoms with van der Waals surface area (Å²) in [7, 11) is 0. The highest BCUT2D eigenvalue weighted by atomic mass is 19.2. The number of halogens is 3. The molecule has 3 nitrogen and oxygen atoms in total. The van der Waals surface area contributed by atoms with Crippen LogP contribution < -0.4 is 10.6 Å². The lowest BCUT2D eigenvalue weighted by Crippen LogP contribution is -2.41. The van der Waals surface area contributed by atoms with Gasteiger partial charge in [-0.15, -0.1) is 0 Å². The minimum absolute atomic E-state index is 0.109. The number of benzene rings is 1. The number of carbonyl (C=O) groups excluding carboxylic acids is 1. The van der Waals surface area contributed by atoms with Crippen LogP contribution in [0.5, 0.6) is 0 Å². The first kappa shape index (κ1) is 15.1. The van der Waals surface area contributed by atoms with Crippen molar-refractivity contribution in [2.45, 2.75) is 31.3 Å². The highest BCUT2D eigenvalue weighted by molar-refractivity contribution is 5.91. The Morgan fingerprint density at radius 1 is 1.23 bits per heavy atom. The van der Waals surface area contributed by atoms with Crippen LogP contribution >= 0.6 is 0 Å². The lowest BCUT2D eigenvalue weighted by Gasteiger charge is -2.28. The first-order chi connectivity index (χ1) is 10.5. The quantitative estimate of drug-likeness (QED) is 0.665. The molecule has 0 aromatic heterocycles. The Bertz CT molecular complexity index is 594. The summed E-state index contributed by atoms with van der Waals surface area (Å²) in [6.45, 7) is 0.910. The highest BCUT2D eigenvalue weighted by Crippen LogP contribution is 2.29. The van der Waals surface area contributed by atoms with Crippen LogP contribution in [-0.4, -0.2) is 24.5 Å².